The number of aliphatic hydroxyl groups is 1. The Bertz CT molecular complexity index is 468. The molecule has 0 unspecified atom stereocenters. The molecule has 2 saturated carbocycles. The highest BCUT2D eigenvalue weighted by molar-refractivity contribution is 5.78. The summed E-state index contributed by atoms with van der Waals surface area (Å²) < 4.78 is 0. The number of rotatable bonds is 10. The van der Waals surface area contributed by atoms with E-state index in [0.29, 0.717) is 36.9 Å². The van der Waals surface area contributed by atoms with Gasteiger partial charge in [0.25, 0.3) is 0 Å². The van der Waals surface area contributed by atoms with Crippen LogP contribution >= 0.6 is 0 Å². The van der Waals surface area contributed by atoms with E-state index in [9.17, 15) is 14.7 Å². The third kappa shape index (κ3) is 5.44. The number of Topliss-reactive ketones (excluding diaryl/α,β-unsaturated/α-hetero) is 1. The number of hydrogen-bond donors (Lipinski definition) is 2. The summed E-state index contributed by atoms with van der Waals surface area (Å²) >= 11 is 0. The van der Waals surface area contributed by atoms with Gasteiger partial charge in [0.05, 0.1) is 6.10 Å². The lowest BCUT2D eigenvalue weighted by atomic mass is 9.86. The summed E-state index contributed by atoms with van der Waals surface area (Å²) in [7, 11) is 0. The third-order valence-corrected chi connectivity index (χ3v) is 5.77. The van der Waals surface area contributed by atoms with Crippen LogP contribution in [0.4, 0.5) is 0 Å². The van der Waals surface area contributed by atoms with Crippen molar-refractivity contribution in [3.8, 4) is 0 Å². The van der Waals surface area contributed by atoms with Crippen LogP contribution in [-0.2, 0) is 9.59 Å². The predicted molar refractivity (Wildman–Crippen MR) is 93.7 cm³/mol. The number of carboxylic acid groups (broad SMARTS) is 1. The number of carboxylic acids is 1. The molecule has 2 fully saturated rings. The molecule has 0 spiro atoms. The molecule has 0 bridgehead atoms. The Balaban J connectivity index is 1.81. The molecule has 2 rings (SSSR count). The molecule has 0 aromatic carbocycles. The van der Waals surface area contributed by atoms with Gasteiger partial charge in [0.2, 0.25) is 0 Å². The van der Waals surface area contributed by atoms with E-state index < -0.39 is 5.97 Å². The molecule has 2 aliphatic rings. The van der Waals surface area contributed by atoms with E-state index in [1.54, 1.807) is 0 Å². The maximum atomic E-state index is 12.2. The van der Waals surface area contributed by atoms with E-state index in [1.165, 1.54) is 5.57 Å². The zero-order chi connectivity index (χ0) is 17.5. The monoisotopic (exact) mass is 336 g/mol. The molecular weight excluding hydrogens is 304 g/mol. The molecule has 0 radical (unpaired) electrons. The first-order valence-electron chi connectivity index (χ1n) is 9.60. The zero-order valence-corrected chi connectivity index (χ0v) is 14.9. The second-order valence-electron chi connectivity index (χ2n) is 7.65. The first kappa shape index (κ1) is 19.2. The Labute approximate surface area is 145 Å². The summed E-state index contributed by atoms with van der Waals surface area (Å²) in [5, 5.41) is 19.0. The summed E-state index contributed by atoms with van der Waals surface area (Å²) in [6, 6.07) is 0. The number of hydrogen-bond acceptors (Lipinski definition) is 3. The van der Waals surface area contributed by atoms with Gasteiger partial charge in [-0.25, -0.2) is 0 Å². The summed E-state index contributed by atoms with van der Waals surface area (Å²) in [5.41, 5.74) is 1.41. The minimum Gasteiger partial charge on any atom is -0.481 e. The van der Waals surface area contributed by atoms with E-state index in [4.69, 9.17) is 5.11 Å². The van der Waals surface area contributed by atoms with E-state index >= 15 is 0 Å². The highest BCUT2D eigenvalue weighted by Crippen LogP contribution is 2.51. The van der Waals surface area contributed by atoms with Crippen LogP contribution in [0, 0.1) is 17.8 Å². The number of allylic oxidation sites excluding steroid dienone is 2. The number of unbranched alkanes of at least 4 members (excludes halogenated alkanes) is 3. The van der Waals surface area contributed by atoms with Gasteiger partial charge in [-0.2, -0.15) is 0 Å². The molecule has 2 N–H and O–H groups in total. The van der Waals surface area contributed by atoms with Crippen molar-refractivity contribution in [2.75, 3.05) is 0 Å². The van der Waals surface area contributed by atoms with E-state index in [1.807, 2.05) is 0 Å². The van der Waals surface area contributed by atoms with Gasteiger partial charge in [-0.15, -0.1) is 0 Å². The van der Waals surface area contributed by atoms with Gasteiger partial charge in [-0.05, 0) is 56.3 Å². The molecule has 4 atom stereocenters. The van der Waals surface area contributed by atoms with Gasteiger partial charge < -0.3 is 10.2 Å². The second-order valence-corrected chi connectivity index (χ2v) is 7.65. The smallest absolute Gasteiger partial charge is 0.303 e. The SMILES string of the molecule is CCCCCC(=O)C[C@@H]1[C@H]2C/C(=C\CCCC(=O)O)C[C@H]2C[C@H]1O. The Morgan fingerprint density at radius 2 is 1.96 bits per heavy atom. The lowest BCUT2D eigenvalue weighted by Crippen LogP contribution is -2.22. The summed E-state index contributed by atoms with van der Waals surface area (Å²) in [4.78, 5) is 22.7. The Morgan fingerprint density at radius 1 is 1.17 bits per heavy atom. The maximum absolute atomic E-state index is 12.2. The lowest BCUT2D eigenvalue weighted by molar-refractivity contribution is -0.137. The first-order chi connectivity index (χ1) is 11.5. The Morgan fingerprint density at radius 3 is 2.67 bits per heavy atom. The molecular formula is C20H32O4. The lowest BCUT2D eigenvalue weighted by Gasteiger charge is -2.20. The zero-order valence-electron chi connectivity index (χ0n) is 14.9. The van der Waals surface area contributed by atoms with Crippen LogP contribution in [0.5, 0.6) is 0 Å². The van der Waals surface area contributed by atoms with Crippen LogP contribution in [0.25, 0.3) is 0 Å². The molecule has 4 heteroatoms. The van der Waals surface area contributed by atoms with E-state index in [2.05, 4.69) is 13.0 Å². The van der Waals surface area contributed by atoms with Crippen LogP contribution in [0.2, 0.25) is 0 Å². The second kappa shape index (κ2) is 9.36. The molecule has 0 amide bonds. The fourth-order valence-corrected chi connectivity index (χ4v) is 4.52. The number of fused-ring (bicyclic) bond motifs is 1. The normalized spacial score (nSPS) is 30.7. The minimum atomic E-state index is -0.735. The fraction of sp³-hybridized carbons (Fsp3) is 0.800. The number of aliphatic hydroxyl groups excluding tert-OH is 1. The predicted octanol–water partition coefficient (Wildman–Crippen LogP) is 4.11. The van der Waals surface area contributed by atoms with Crippen molar-refractivity contribution in [3.05, 3.63) is 11.6 Å². The average molecular weight is 336 g/mol. The highest BCUT2D eigenvalue weighted by Gasteiger charge is 2.46. The quantitative estimate of drug-likeness (QED) is 0.465. The molecule has 0 aliphatic heterocycles. The first-order valence-corrected chi connectivity index (χ1v) is 9.60. The molecule has 24 heavy (non-hydrogen) atoms. The Hall–Kier alpha value is -1.16. The maximum Gasteiger partial charge on any atom is 0.303 e. The van der Waals surface area contributed by atoms with Gasteiger partial charge in [-0.1, -0.05) is 31.4 Å². The fourth-order valence-electron chi connectivity index (χ4n) is 4.52. The minimum absolute atomic E-state index is 0.133. The van der Waals surface area contributed by atoms with Crippen molar-refractivity contribution in [2.45, 2.75) is 83.7 Å². The van der Waals surface area contributed by atoms with E-state index in [-0.39, 0.29) is 18.4 Å². The van der Waals surface area contributed by atoms with Crippen LogP contribution in [0.3, 0.4) is 0 Å². The highest BCUT2D eigenvalue weighted by atomic mass is 16.4. The standard InChI is InChI=1S/C20H32O4/c1-2-3-4-8-16(21)13-18-17-11-14(7-5-6-9-20(23)24)10-15(17)12-19(18)22/h7,15,17-19,22H,2-6,8-13H2,1H3,(H,23,24)/b14-7-/t15-,17-,18+,19+/m0/s1. The molecule has 136 valence electrons. The topological polar surface area (TPSA) is 74.6 Å². The Kier molecular flexibility index (Phi) is 7.47. The largest absolute Gasteiger partial charge is 0.481 e. The number of carbonyl (C=O) groups excluding carboxylic acids is 1. The van der Waals surface area contributed by atoms with Crippen LogP contribution in [-0.4, -0.2) is 28.1 Å². The molecule has 0 aromatic rings. The van der Waals surface area contributed by atoms with Gasteiger partial charge >= 0.3 is 5.97 Å². The summed E-state index contributed by atoms with van der Waals surface area (Å²) in [6.07, 6.45) is 10.9. The number of ketones is 1. The van der Waals surface area contributed by atoms with Crippen molar-refractivity contribution in [1.29, 1.82) is 0 Å². The molecule has 2 aliphatic carbocycles. The summed E-state index contributed by atoms with van der Waals surface area (Å²) in [5.74, 6) is 0.669. The van der Waals surface area contributed by atoms with Crippen LogP contribution in [0.1, 0.15) is 77.6 Å². The molecule has 0 saturated heterocycles. The van der Waals surface area contributed by atoms with Crippen molar-refractivity contribution < 1.29 is 19.8 Å². The van der Waals surface area contributed by atoms with Gasteiger partial charge in [0.15, 0.2) is 0 Å². The van der Waals surface area contributed by atoms with Crippen molar-refractivity contribution in [1.82, 2.24) is 0 Å². The van der Waals surface area contributed by atoms with Gasteiger partial charge in [0, 0.05) is 19.3 Å². The molecule has 0 aromatic heterocycles. The average Bonchev–Trinajstić information content (AvgIpc) is 3.03. The number of aliphatic carboxylic acids is 1. The van der Waals surface area contributed by atoms with Crippen molar-refractivity contribution in [2.24, 2.45) is 17.8 Å². The number of carbonyl (C=O) groups is 2. The van der Waals surface area contributed by atoms with Gasteiger partial charge in [0.1, 0.15) is 5.78 Å². The van der Waals surface area contributed by atoms with E-state index in [0.717, 1.165) is 44.9 Å². The third-order valence-electron chi connectivity index (χ3n) is 5.77. The van der Waals surface area contributed by atoms with Crippen LogP contribution < -0.4 is 0 Å². The molecule has 4 nitrogen and oxygen atoms in total. The van der Waals surface area contributed by atoms with Gasteiger partial charge in [-0.3, -0.25) is 9.59 Å². The van der Waals surface area contributed by atoms with Crippen molar-refractivity contribution >= 4 is 11.8 Å². The van der Waals surface area contributed by atoms with Crippen LogP contribution in [0.15, 0.2) is 11.6 Å². The van der Waals surface area contributed by atoms with Crippen molar-refractivity contribution in [3.63, 3.8) is 0 Å². The summed E-state index contributed by atoms with van der Waals surface area (Å²) in [6.45, 7) is 2.14. The molecule has 0 heterocycles.